The van der Waals surface area contributed by atoms with Gasteiger partial charge in [0.2, 0.25) is 5.91 Å². The molecule has 1 aliphatic carbocycles. The predicted molar refractivity (Wildman–Crippen MR) is 88.2 cm³/mol. The Morgan fingerprint density at radius 1 is 1.33 bits per heavy atom. The van der Waals surface area contributed by atoms with Crippen molar-refractivity contribution in [2.75, 3.05) is 12.8 Å². The second-order valence-electron chi connectivity index (χ2n) is 6.14. The van der Waals surface area contributed by atoms with E-state index in [9.17, 15) is 4.79 Å². The summed E-state index contributed by atoms with van der Waals surface area (Å²) in [5, 5.41) is 3.52. The Bertz CT molecular complexity index is 495. The molecular formula is C17H24N2OS. The highest BCUT2D eigenvalue weighted by Crippen LogP contribution is 2.44. The molecule has 21 heavy (non-hydrogen) atoms. The molecule has 0 bridgehead atoms. The van der Waals surface area contributed by atoms with E-state index in [2.05, 4.69) is 23.4 Å². The summed E-state index contributed by atoms with van der Waals surface area (Å²) in [5.41, 5.74) is 1.08. The summed E-state index contributed by atoms with van der Waals surface area (Å²) in [5.74, 6) is 0.244. The van der Waals surface area contributed by atoms with Crippen LogP contribution in [0.2, 0.25) is 0 Å². The highest BCUT2D eigenvalue weighted by Gasteiger charge is 2.45. The maximum Gasteiger partial charge on any atom is 0.245 e. The number of nitrogens with zero attached hydrogens (tertiary/aromatic N) is 1. The molecule has 114 valence electrons. The van der Waals surface area contributed by atoms with Crippen molar-refractivity contribution >= 4 is 17.7 Å². The Morgan fingerprint density at radius 3 is 2.57 bits per heavy atom. The maximum absolute atomic E-state index is 12.9. The van der Waals surface area contributed by atoms with Crippen LogP contribution in [0, 0.1) is 0 Å². The Labute approximate surface area is 131 Å². The van der Waals surface area contributed by atoms with E-state index in [4.69, 9.17) is 0 Å². The van der Waals surface area contributed by atoms with Crippen LogP contribution < -0.4 is 5.32 Å². The number of nitrogens with one attached hydrogen (secondary N) is 1. The SMILES string of the molecule is CCC1NC(c2ccccc2)C(=O)N1CC1(SC)CCC1. The number of rotatable bonds is 5. The fourth-order valence-corrected chi connectivity index (χ4v) is 4.36. The van der Waals surface area contributed by atoms with Crippen LogP contribution in [0.25, 0.3) is 0 Å². The van der Waals surface area contributed by atoms with Crippen LogP contribution in [0.1, 0.15) is 44.2 Å². The first-order valence-corrected chi connectivity index (χ1v) is 9.08. The van der Waals surface area contributed by atoms with Gasteiger partial charge in [-0.25, -0.2) is 0 Å². The summed E-state index contributed by atoms with van der Waals surface area (Å²) in [6, 6.07) is 9.91. The minimum atomic E-state index is -0.171. The number of hydrogen-bond acceptors (Lipinski definition) is 3. The number of amides is 1. The molecule has 1 saturated carbocycles. The average Bonchev–Trinajstić information content (AvgIpc) is 2.80. The summed E-state index contributed by atoms with van der Waals surface area (Å²) >= 11 is 1.94. The van der Waals surface area contributed by atoms with Gasteiger partial charge in [-0.15, -0.1) is 0 Å². The minimum absolute atomic E-state index is 0.171. The summed E-state index contributed by atoms with van der Waals surface area (Å²) in [6.45, 7) is 3.04. The lowest BCUT2D eigenvalue weighted by Gasteiger charge is -2.44. The molecule has 4 heteroatoms. The zero-order chi connectivity index (χ0) is 14.9. The van der Waals surface area contributed by atoms with Crippen molar-refractivity contribution in [2.24, 2.45) is 0 Å². The zero-order valence-corrected chi connectivity index (χ0v) is 13.7. The molecule has 2 fully saturated rings. The maximum atomic E-state index is 12.9. The molecule has 1 heterocycles. The van der Waals surface area contributed by atoms with Gasteiger partial charge in [-0.1, -0.05) is 43.7 Å². The van der Waals surface area contributed by atoms with Crippen LogP contribution in [0.15, 0.2) is 30.3 Å². The standard InChI is InChI=1S/C17H24N2OS/c1-3-14-18-15(13-8-5-4-6-9-13)16(20)19(14)12-17(21-2)10-7-11-17/h4-6,8-9,14-15,18H,3,7,10-12H2,1-2H3. The van der Waals surface area contributed by atoms with Crippen molar-refractivity contribution < 1.29 is 4.79 Å². The summed E-state index contributed by atoms with van der Waals surface area (Å²) in [7, 11) is 0. The molecule has 1 saturated heterocycles. The molecule has 3 nitrogen and oxygen atoms in total. The van der Waals surface area contributed by atoms with E-state index in [1.54, 1.807) is 0 Å². The molecule has 1 amide bonds. The lowest BCUT2D eigenvalue weighted by Crippen LogP contribution is -2.49. The lowest BCUT2D eigenvalue weighted by molar-refractivity contribution is -0.130. The van der Waals surface area contributed by atoms with Crippen molar-refractivity contribution in [1.82, 2.24) is 10.2 Å². The van der Waals surface area contributed by atoms with Gasteiger partial charge in [0.1, 0.15) is 6.04 Å². The topological polar surface area (TPSA) is 32.3 Å². The Balaban J connectivity index is 1.78. The molecule has 2 unspecified atom stereocenters. The van der Waals surface area contributed by atoms with Gasteiger partial charge in [0, 0.05) is 11.3 Å². The number of carbonyl (C=O) groups is 1. The largest absolute Gasteiger partial charge is 0.324 e. The van der Waals surface area contributed by atoms with Gasteiger partial charge in [0.05, 0.1) is 6.17 Å². The third kappa shape index (κ3) is 2.71. The first-order chi connectivity index (χ1) is 10.2. The number of hydrogen-bond donors (Lipinski definition) is 1. The van der Waals surface area contributed by atoms with Gasteiger partial charge in [-0.2, -0.15) is 11.8 Å². The van der Waals surface area contributed by atoms with Crippen LogP contribution >= 0.6 is 11.8 Å². The normalized spacial score (nSPS) is 27.7. The third-order valence-electron chi connectivity index (χ3n) is 4.94. The first kappa shape index (κ1) is 14.9. The van der Waals surface area contributed by atoms with Crippen LogP contribution in [0.4, 0.5) is 0 Å². The van der Waals surface area contributed by atoms with Crippen LogP contribution in [-0.2, 0) is 4.79 Å². The smallest absolute Gasteiger partial charge is 0.245 e. The average molecular weight is 304 g/mol. The van der Waals surface area contributed by atoms with Gasteiger partial charge >= 0.3 is 0 Å². The Hall–Kier alpha value is -1.00. The van der Waals surface area contributed by atoms with Crippen molar-refractivity contribution in [1.29, 1.82) is 0 Å². The monoisotopic (exact) mass is 304 g/mol. The molecular weight excluding hydrogens is 280 g/mol. The zero-order valence-electron chi connectivity index (χ0n) is 12.8. The Morgan fingerprint density at radius 2 is 2.05 bits per heavy atom. The van der Waals surface area contributed by atoms with E-state index in [1.165, 1.54) is 19.3 Å². The third-order valence-corrected chi connectivity index (χ3v) is 6.34. The van der Waals surface area contributed by atoms with E-state index in [0.29, 0.717) is 4.75 Å². The molecule has 0 spiro atoms. The highest BCUT2D eigenvalue weighted by molar-refractivity contribution is 8.00. The highest BCUT2D eigenvalue weighted by atomic mass is 32.2. The molecule has 1 aromatic carbocycles. The summed E-state index contributed by atoms with van der Waals surface area (Å²) in [4.78, 5) is 15.0. The lowest BCUT2D eigenvalue weighted by atomic mass is 9.83. The predicted octanol–water partition coefficient (Wildman–Crippen LogP) is 3.18. The molecule has 2 atom stereocenters. The van der Waals surface area contributed by atoms with E-state index >= 15 is 0 Å². The van der Waals surface area contributed by atoms with Crippen LogP contribution in [0.3, 0.4) is 0 Å². The molecule has 0 aromatic heterocycles. The molecule has 3 rings (SSSR count). The van der Waals surface area contributed by atoms with Gasteiger partial charge in [-0.05, 0) is 31.1 Å². The summed E-state index contributed by atoms with van der Waals surface area (Å²) < 4.78 is 0.302. The molecule has 1 aliphatic heterocycles. The summed E-state index contributed by atoms with van der Waals surface area (Å²) in [6.07, 6.45) is 7.10. The number of benzene rings is 1. The Kier molecular flexibility index (Phi) is 4.27. The van der Waals surface area contributed by atoms with Gasteiger partial charge in [0.25, 0.3) is 0 Å². The van der Waals surface area contributed by atoms with Gasteiger partial charge in [0.15, 0.2) is 0 Å². The number of thioether (sulfide) groups is 1. The fourth-order valence-electron chi connectivity index (χ4n) is 3.39. The van der Waals surface area contributed by atoms with Crippen LogP contribution in [0.5, 0.6) is 0 Å². The van der Waals surface area contributed by atoms with E-state index in [0.717, 1.165) is 18.5 Å². The van der Waals surface area contributed by atoms with Gasteiger partial charge in [-0.3, -0.25) is 10.1 Å². The van der Waals surface area contributed by atoms with Gasteiger partial charge < -0.3 is 4.90 Å². The first-order valence-electron chi connectivity index (χ1n) is 7.86. The number of carbonyl (C=O) groups excluding carboxylic acids is 1. The second kappa shape index (κ2) is 6.01. The van der Waals surface area contributed by atoms with E-state index < -0.39 is 0 Å². The van der Waals surface area contributed by atoms with Crippen molar-refractivity contribution in [3.05, 3.63) is 35.9 Å². The van der Waals surface area contributed by atoms with E-state index in [-0.39, 0.29) is 18.1 Å². The van der Waals surface area contributed by atoms with E-state index in [1.807, 2.05) is 42.1 Å². The molecule has 0 radical (unpaired) electrons. The second-order valence-corrected chi connectivity index (χ2v) is 7.42. The quantitative estimate of drug-likeness (QED) is 0.907. The molecule has 1 N–H and O–H groups in total. The van der Waals surface area contributed by atoms with Crippen LogP contribution in [-0.4, -0.2) is 34.5 Å². The van der Waals surface area contributed by atoms with Crippen molar-refractivity contribution in [2.45, 2.75) is 49.6 Å². The molecule has 2 aliphatic rings. The minimum Gasteiger partial charge on any atom is -0.324 e. The molecule has 1 aromatic rings. The fraction of sp³-hybridized carbons (Fsp3) is 0.588. The van der Waals surface area contributed by atoms with Crippen molar-refractivity contribution in [3.63, 3.8) is 0 Å². The van der Waals surface area contributed by atoms with Crippen molar-refractivity contribution in [3.8, 4) is 0 Å².